The Balaban J connectivity index is 1.82. The number of aryl methyl sites for hydroxylation is 1. The van der Waals surface area contributed by atoms with E-state index in [2.05, 4.69) is 33.5 Å². The molecule has 0 spiro atoms. The first-order chi connectivity index (χ1) is 13.7. The minimum atomic E-state index is -0.488. The lowest BCUT2D eigenvalue weighted by molar-refractivity contribution is 0.0972. The Kier molecular flexibility index (Phi) is 6.60. The van der Waals surface area contributed by atoms with E-state index in [1.54, 1.807) is 6.07 Å². The number of thiocarbonyl (C=S) groups is 1. The third-order valence-electron chi connectivity index (χ3n) is 4.90. The van der Waals surface area contributed by atoms with Crippen LogP contribution in [-0.4, -0.2) is 24.0 Å². The number of halogens is 1. The molecule has 3 rings (SSSR count). The highest BCUT2D eigenvalue weighted by molar-refractivity contribution is 9.10. The van der Waals surface area contributed by atoms with Crippen LogP contribution in [0.25, 0.3) is 0 Å². The molecule has 1 aliphatic carbocycles. The summed E-state index contributed by atoms with van der Waals surface area (Å²) in [6, 6.07) is 3.53. The number of methoxy groups -OCH3 is 1. The topological polar surface area (TPSA) is 93.4 Å². The second-order valence-corrected chi connectivity index (χ2v) is 9.56. The number of hydrogen-bond acceptors (Lipinski definition) is 5. The number of amides is 2. The fourth-order valence-electron chi connectivity index (χ4n) is 3.57. The molecule has 0 radical (unpaired) electrons. The molecular weight excluding hydrogens is 474 g/mol. The monoisotopic (exact) mass is 495 g/mol. The summed E-state index contributed by atoms with van der Waals surface area (Å²) in [5, 5.41) is 6.34. The molecule has 154 valence electrons. The average Bonchev–Trinajstić information content (AvgIpc) is 2.97. The lowest BCUT2D eigenvalue weighted by atomic mass is 9.88. The maximum atomic E-state index is 12.8. The molecule has 0 bridgehead atoms. The van der Waals surface area contributed by atoms with Crippen molar-refractivity contribution in [3.8, 4) is 5.75 Å². The summed E-state index contributed by atoms with van der Waals surface area (Å²) in [7, 11) is 1.51. The molecule has 0 aliphatic heterocycles. The Morgan fingerprint density at radius 1 is 1.38 bits per heavy atom. The van der Waals surface area contributed by atoms with Crippen LogP contribution in [0.15, 0.2) is 16.6 Å². The van der Waals surface area contributed by atoms with Crippen molar-refractivity contribution in [2.24, 2.45) is 11.7 Å². The van der Waals surface area contributed by atoms with Gasteiger partial charge in [-0.2, -0.15) is 0 Å². The van der Waals surface area contributed by atoms with E-state index in [-0.39, 0.29) is 5.11 Å². The van der Waals surface area contributed by atoms with E-state index in [9.17, 15) is 9.59 Å². The minimum Gasteiger partial charge on any atom is -0.496 e. The minimum absolute atomic E-state index is 0.101. The van der Waals surface area contributed by atoms with Crippen LogP contribution in [0.2, 0.25) is 0 Å². The first-order valence-electron chi connectivity index (χ1n) is 9.12. The Morgan fingerprint density at radius 3 is 2.76 bits per heavy atom. The van der Waals surface area contributed by atoms with Crippen LogP contribution >= 0.6 is 39.5 Å². The number of benzene rings is 1. The second-order valence-electron chi connectivity index (χ2n) is 7.13. The van der Waals surface area contributed by atoms with E-state index < -0.39 is 11.8 Å². The molecule has 1 heterocycles. The number of fused-ring (bicyclic) bond motifs is 1. The van der Waals surface area contributed by atoms with E-state index in [4.69, 9.17) is 22.7 Å². The number of nitrogens with two attached hydrogens (primary N) is 1. The number of hydrogen-bond donors (Lipinski definition) is 3. The summed E-state index contributed by atoms with van der Waals surface area (Å²) in [6.07, 6.45) is 2.75. The Hall–Kier alpha value is -1.97. The van der Waals surface area contributed by atoms with Gasteiger partial charge in [0, 0.05) is 9.35 Å². The van der Waals surface area contributed by atoms with Gasteiger partial charge in [-0.25, -0.2) is 0 Å². The summed E-state index contributed by atoms with van der Waals surface area (Å²) < 4.78 is 6.12. The lowest BCUT2D eigenvalue weighted by Crippen LogP contribution is -2.34. The SMILES string of the molecule is COc1c(C)cc(Br)cc1C(=O)NC(=S)Nc1sc2c(c1C(N)=O)CC[C@@H](C)C2. The zero-order valence-electron chi connectivity index (χ0n) is 16.3. The van der Waals surface area contributed by atoms with Crippen LogP contribution in [0.5, 0.6) is 5.75 Å². The third-order valence-corrected chi connectivity index (χ3v) is 6.73. The highest BCUT2D eigenvalue weighted by atomic mass is 79.9. The van der Waals surface area contributed by atoms with Crippen molar-refractivity contribution in [2.45, 2.75) is 33.1 Å². The molecule has 29 heavy (non-hydrogen) atoms. The fourth-order valence-corrected chi connectivity index (χ4v) is 5.83. The van der Waals surface area contributed by atoms with Gasteiger partial charge >= 0.3 is 0 Å². The van der Waals surface area contributed by atoms with E-state index in [0.29, 0.717) is 27.8 Å². The van der Waals surface area contributed by atoms with Crippen molar-refractivity contribution in [3.05, 3.63) is 43.7 Å². The van der Waals surface area contributed by atoms with Gasteiger partial charge in [0.1, 0.15) is 10.8 Å². The van der Waals surface area contributed by atoms with Crippen LogP contribution in [0.3, 0.4) is 0 Å². The predicted molar refractivity (Wildman–Crippen MR) is 123 cm³/mol. The van der Waals surface area contributed by atoms with Crippen molar-refractivity contribution >= 4 is 61.4 Å². The zero-order chi connectivity index (χ0) is 21.3. The lowest BCUT2D eigenvalue weighted by Gasteiger charge is -2.18. The first-order valence-corrected chi connectivity index (χ1v) is 11.1. The van der Waals surface area contributed by atoms with Gasteiger partial charge in [0.15, 0.2) is 5.11 Å². The standard InChI is InChI=1S/C20H22BrN3O3S2/c1-9-4-5-12-14(6-9)29-19(15(12)17(22)25)24-20(28)23-18(26)13-8-11(21)7-10(2)16(13)27-3/h7-9H,4-6H2,1-3H3,(H2,22,25)(H2,23,24,26,28)/t9-/m1/s1. The molecule has 0 saturated heterocycles. The number of rotatable bonds is 4. The molecule has 9 heteroatoms. The van der Waals surface area contributed by atoms with Gasteiger partial charge in [-0.05, 0) is 67.6 Å². The van der Waals surface area contributed by atoms with Gasteiger partial charge in [-0.15, -0.1) is 11.3 Å². The molecule has 0 fully saturated rings. The summed E-state index contributed by atoms with van der Waals surface area (Å²) in [6.45, 7) is 4.05. The van der Waals surface area contributed by atoms with Crippen molar-refractivity contribution in [1.29, 1.82) is 0 Å². The molecular formula is C20H22BrN3O3S2. The normalized spacial score (nSPS) is 15.4. The van der Waals surface area contributed by atoms with E-state index in [1.807, 2.05) is 13.0 Å². The molecule has 1 atom stereocenters. The smallest absolute Gasteiger partial charge is 0.261 e. The Bertz CT molecular complexity index is 1000. The molecule has 2 amide bonds. The highest BCUT2D eigenvalue weighted by Gasteiger charge is 2.27. The molecule has 0 unspecified atom stereocenters. The van der Waals surface area contributed by atoms with Gasteiger partial charge in [0.05, 0.1) is 18.2 Å². The number of carbonyl (C=O) groups is 2. The van der Waals surface area contributed by atoms with E-state index >= 15 is 0 Å². The average molecular weight is 496 g/mol. The number of nitrogens with one attached hydrogen (secondary N) is 2. The number of anilines is 1. The number of carbonyl (C=O) groups excluding carboxylic acids is 2. The fraction of sp³-hybridized carbons (Fsp3) is 0.350. The number of ether oxygens (including phenoxy) is 1. The first kappa shape index (κ1) is 21.7. The van der Waals surface area contributed by atoms with Gasteiger partial charge in [-0.1, -0.05) is 22.9 Å². The maximum Gasteiger partial charge on any atom is 0.261 e. The van der Waals surface area contributed by atoms with Crippen LogP contribution in [-0.2, 0) is 12.8 Å². The third kappa shape index (κ3) is 4.62. The quantitative estimate of drug-likeness (QED) is 0.553. The van der Waals surface area contributed by atoms with E-state index in [0.717, 1.165) is 39.7 Å². The summed E-state index contributed by atoms with van der Waals surface area (Å²) in [5.41, 5.74) is 8.29. The van der Waals surface area contributed by atoms with Gasteiger partial charge in [-0.3, -0.25) is 14.9 Å². The van der Waals surface area contributed by atoms with Crippen LogP contribution in [0.1, 0.15) is 50.1 Å². The van der Waals surface area contributed by atoms with Crippen molar-refractivity contribution in [3.63, 3.8) is 0 Å². The molecule has 6 nitrogen and oxygen atoms in total. The molecule has 1 aliphatic rings. The molecule has 1 aromatic heterocycles. The molecule has 4 N–H and O–H groups in total. The van der Waals surface area contributed by atoms with Crippen LogP contribution in [0.4, 0.5) is 5.00 Å². The summed E-state index contributed by atoms with van der Waals surface area (Å²) in [5.74, 6) is 0.151. The number of primary amides is 1. The Labute approximate surface area is 187 Å². The Morgan fingerprint density at radius 2 is 2.10 bits per heavy atom. The predicted octanol–water partition coefficient (Wildman–Crippen LogP) is 4.18. The van der Waals surface area contributed by atoms with Crippen LogP contribution in [0, 0.1) is 12.8 Å². The highest BCUT2D eigenvalue weighted by Crippen LogP contribution is 2.39. The van der Waals surface area contributed by atoms with Gasteiger partial charge in [0.2, 0.25) is 0 Å². The zero-order valence-corrected chi connectivity index (χ0v) is 19.6. The molecule has 2 aromatic rings. The van der Waals surface area contributed by atoms with Crippen LogP contribution < -0.4 is 21.1 Å². The van der Waals surface area contributed by atoms with Gasteiger partial charge < -0.3 is 15.8 Å². The maximum absolute atomic E-state index is 12.8. The van der Waals surface area contributed by atoms with Gasteiger partial charge in [0.25, 0.3) is 11.8 Å². The number of thiophene rings is 1. The summed E-state index contributed by atoms with van der Waals surface area (Å²) in [4.78, 5) is 26.0. The largest absolute Gasteiger partial charge is 0.496 e. The van der Waals surface area contributed by atoms with Crippen molar-refractivity contribution in [1.82, 2.24) is 5.32 Å². The summed E-state index contributed by atoms with van der Waals surface area (Å²) >= 11 is 10.2. The van der Waals surface area contributed by atoms with Crippen molar-refractivity contribution < 1.29 is 14.3 Å². The molecule has 1 aromatic carbocycles. The van der Waals surface area contributed by atoms with Crippen molar-refractivity contribution in [2.75, 3.05) is 12.4 Å². The van der Waals surface area contributed by atoms with E-state index in [1.165, 1.54) is 18.4 Å². The second kappa shape index (κ2) is 8.81. The molecule has 0 saturated carbocycles.